The number of carbonyl (C=O) groups excluding carboxylic acids is 1. The Labute approximate surface area is 131 Å². The maximum atomic E-state index is 12.4. The van der Waals surface area contributed by atoms with E-state index in [2.05, 4.69) is 0 Å². The van der Waals surface area contributed by atoms with Gasteiger partial charge in [0.15, 0.2) is 0 Å². The van der Waals surface area contributed by atoms with Crippen molar-refractivity contribution in [2.75, 3.05) is 13.1 Å². The van der Waals surface area contributed by atoms with Crippen LogP contribution >= 0.6 is 0 Å². The zero-order valence-corrected chi connectivity index (χ0v) is 12.8. The van der Waals surface area contributed by atoms with Crippen molar-refractivity contribution in [3.8, 4) is 0 Å². The SMILES string of the molecule is O=C(O)C1CCN(C(=O)c2ccc(S(=O)(=O)C(F)F)cc2)CC1. The molecule has 9 heteroatoms. The van der Waals surface area contributed by atoms with E-state index >= 15 is 0 Å². The van der Waals surface area contributed by atoms with E-state index in [-0.39, 0.29) is 24.6 Å². The molecule has 0 radical (unpaired) electrons. The molecular weight excluding hydrogens is 332 g/mol. The van der Waals surface area contributed by atoms with Crippen molar-refractivity contribution in [3.05, 3.63) is 29.8 Å². The second kappa shape index (κ2) is 6.61. The fourth-order valence-electron chi connectivity index (χ4n) is 2.40. The highest BCUT2D eigenvalue weighted by molar-refractivity contribution is 7.91. The summed E-state index contributed by atoms with van der Waals surface area (Å²) in [4.78, 5) is 24.0. The highest BCUT2D eigenvalue weighted by atomic mass is 32.2. The van der Waals surface area contributed by atoms with Crippen LogP contribution in [0.3, 0.4) is 0 Å². The summed E-state index contributed by atoms with van der Waals surface area (Å²) < 4.78 is 47.5. The number of hydrogen-bond donors (Lipinski definition) is 1. The minimum atomic E-state index is -4.68. The van der Waals surface area contributed by atoms with E-state index in [4.69, 9.17) is 5.11 Å². The van der Waals surface area contributed by atoms with Crippen LogP contribution in [0, 0.1) is 5.92 Å². The van der Waals surface area contributed by atoms with Crippen LogP contribution in [0.25, 0.3) is 0 Å². The quantitative estimate of drug-likeness (QED) is 0.894. The van der Waals surface area contributed by atoms with Crippen molar-refractivity contribution in [2.24, 2.45) is 5.92 Å². The van der Waals surface area contributed by atoms with Crippen molar-refractivity contribution in [2.45, 2.75) is 23.5 Å². The Balaban J connectivity index is 2.09. The second-order valence-electron chi connectivity index (χ2n) is 5.23. The summed E-state index contributed by atoms with van der Waals surface area (Å²) in [5, 5.41) is 8.91. The minimum absolute atomic E-state index is 0.173. The summed E-state index contributed by atoms with van der Waals surface area (Å²) in [6.45, 7) is 0.569. The molecule has 0 saturated carbocycles. The molecule has 1 aromatic rings. The number of aliphatic carboxylic acids is 1. The zero-order chi connectivity index (χ0) is 17.2. The van der Waals surface area contributed by atoms with Gasteiger partial charge < -0.3 is 10.0 Å². The molecule has 2 rings (SSSR count). The third kappa shape index (κ3) is 3.66. The zero-order valence-electron chi connectivity index (χ0n) is 12.0. The lowest BCUT2D eigenvalue weighted by Gasteiger charge is -2.30. The number of nitrogens with zero attached hydrogens (tertiary/aromatic N) is 1. The number of halogens is 2. The van der Waals surface area contributed by atoms with Crippen LogP contribution < -0.4 is 0 Å². The van der Waals surface area contributed by atoms with Crippen molar-refractivity contribution in [1.82, 2.24) is 4.90 Å². The number of rotatable bonds is 4. The van der Waals surface area contributed by atoms with E-state index in [1.807, 2.05) is 0 Å². The molecule has 1 saturated heterocycles. The number of carboxylic acid groups (broad SMARTS) is 1. The monoisotopic (exact) mass is 347 g/mol. The van der Waals surface area contributed by atoms with E-state index in [9.17, 15) is 26.8 Å². The molecule has 0 spiro atoms. The third-order valence-electron chi connectivity index (χ3n) is 3.80. The van der Waals surface area contributed by atoms with Gasteiger partial charge in [-0.1, -0.05) is 0 Å². The molecule has 1 fully saturated rings. The normalized spacial score (nSPS) is 16.6. The summed E-state index contributed by atoms with van der Waals surface area (Å²) in [5.41, 5.74) is 0.173. The molecule has 1 heterocycles. The van der Waals surface area contributed by atoms with Gasteiger partial charge in [-0.2, -0.15) is 8.78 Å². The standard InChI is InChI=1S/C14H15F2NO5S/c15-14(16)23(21,22)11-3-1-9(2-4-11)12(18)17-7-5-10(6-8-17)13(19)20/h1-4,10,14H,5-8H2,(H,19,20). The molecule has 6 nitrogen and oxygen atoms in total. The smallest absolute Gasteiger partial charge is 0.341 e. The number of sulfone groups is 1. The Morgan fingerprint density at radius 1 is 1.13 bits per heavy atom. The highest BCUT2D eigenvalue weighted by Crippen LogP contribution is 2.21. The summed E-state index contributed by atoms with van der Waals surface area (Å²) in [5.74, 6) is -5.26. The second-order valence-corrected chi connectivity index (χ2v) is 7.15. The molecule has 0 atom stereocenters. The molecule has 1 N–H and O–H groups in total. The fourth-order valence-corrected chi connectivity index (χ4v) is 3.12. The predicted molar refractivity (Wildman–Crippen MR) is 75.9 cm³/mol. The van der Waals surface area contributed by atoms with Crippen LogP contribution in [-0.4, -0.2) is 49.1 Å². The first-order valence-electron chi connectivity index (χ1n) is 6.87. The Kier molecular flexibility index (Phi) is 4.98. The van der Waals surface area contributed by atoms with Crippen LogP contribution in [0.4, 0.5) is 8.78 Å². The Hall–Kier alpha value is -2.03. The van der Waals surface area contributed by atoms with E-state index in [0.29, 0.717) is 12.8 Å². The highest BCUT2D eigenvalue weighted by Gasteiger charge is 2.29. The summed E-state index contributed by atoms with van der Waals surface area (Å²) in [7, 11) is -4.68. The van der Waals surface area contributed by atoms with E-state index < -0.39 is 32.4 Å². The lowest BCUT2D eigenvalue weighted by molar-refractivity contribution is -0.143. The number of carboxylic acids is 1. The summed E-state index contributed by atoms with van der Waals surface area (Å²) in [6, 6.07) is 4.30. The number of carbonyl (C=O) groups is 2. The molecule has 0 unspecified atom stereocenters. The van der Waals surface area contributed by atoms with Gasteiger partial charge in [-0.15, -0.1) is 0 Å². The molecule has 0 bridgehead atoms. The van der Waals surface area contributed by atoms with Crippen molar-refractivity contribution >= 4 is 21.7 Å². The van der Waals surface area contributed by atoms with Crippen molar-refractivity contribution < 1.29 is 31.9 Å². The molecule has 1 aromatic carbocycles. The average Bonchev–Trinajstić information content (AvgIpc) is 2.54. The molecule has 1 amide bonds. The number of amides is 1. The molecule has 1 aliphatic rings. The average molecular weight is 347 g/mol. The Morgan fingerprint density at radius 2 is 1.65 bits per heavy atom. The van der Waals surface area contributed by atoms with Crippen molar-refractivity contribution in [1.29, 1.82) is 0 Å². The van der Waals surface area contributed by atoms with E-state index in [0.717, 1.165) is 12.1 Å². The molecular formula is C14H15F2NO5S. The van der Waals surface area contributed by atoms with Gasteiger partial charge in [0.05, 0.1) is 10.8 Å². The van der Waals surface area contributed by atoms with Crippen LogP contribution in [-0.2, 0) is 14.6 Å². The van der Waals surface area contributed by atoms with Crippen molar-refractivity contribution in [3.63, 3.8) is 0 Å². The minimum Gasteiger partial charge on any atom is -0.481 e. The fraction of sp³-hybridized carbons (Fsp3) is 0.429. The van der Waals surface area contributed by atoms with Gasteiger partial charge in [-0.05, 0) is 37.1 Å². The maximum Gasteiger partial charge on any atom is 0.341 e. The lowest BCUT2D eigenvalue weighted by atomic mass is 9.96. The van der Waals surface area contributed by atoms with E-state index in [1.165, 1.54) is 17.0 Å². The van der Waals surface area contributed by atoms with Crippen LogP contribution in [0.1, 0.15) is 23.2 Å². The van der Waals surface area contributed by atoms with E-state index in [1.54, 1.807) is 0 Å². The van der Waals surface area contributed by atoms with Gasteiger partial charge in [0, 0.05) is 18.7 Å². The van der Waals surface area contributed by atoms with Gasteiger partial charge in [0.25, 0.3) is 5.91 Å². The van der Waals surface area contributed by atoms with Gasteiger partial charge >= 0.3 is 11.7 Å². The molecule has 126 valence electrons. The Morgan fingerprint density at radius 3 is 2.09 bits per heavy atom. The van der Waals surface area contributed by atoms with Gasteiger partial charge in [0.2, 0.25) is 9.84 Å². The molecule has 0 aliphatic carbocycles. The van der Waals surface area contributed by atoms with Crippen LogP contribution in [0.5, 0.6) is 0 Å². The maximum absolute atomic E-state index is 12.4. The lowest BCUT2D eigenvalue weighted by Crippen LogP contribution is -2.40. The third-order valence-corrected chi connectivity index (χ3v) is 5.19. The topological polar surface area (TPSA) is 91.8 Å². The first-order valence-corrected chi connectivity index (χ1v) is 8.42. The number of benzene rings is 1. The summed E-state index contributed by atoms with van der Waals surface area (Å²) >= 11 is 0. The van der Waals surface area contributed by atoms with Gasteiger partial charge in [-0.25, -0.2) is 8.42 Å². The number of alkyl halides is 2. The summed E-state index contributed by atoms with van der Waals surface area (Å²) in [6.07, 6.45) is 0.692. The number of piperidine rings is 1. The number of hydrogen-bond acceptors (Lipinski definition) is 4. The van der Waals surface area contributed by atoms with Crippen LogP contribution in [0.15, 0.2) is 29.2 Å². The predicted octanol–water partition coefficient (Wildman–Crippen LogP) is 1.62. The molecule has 23 heavy (non-hydrogen) atoms. The first-order chi connectivity index (χ1) is 10.7. The van der Waals surface area contributed by atoms with Crippen LogP contribution in [0.2, 0.25) is 0 Å². The molecule has 0 aromatic heterocycles. The van der Waals surface area contributed by atoms with Gasteiger partial charge in [-0.3, -0.25) is 9.59 Å². The number of likely N-dealkylation sites (tertiary alicyclic amines) is 1. The first kappa shape index (κ1) is 17.3. The Bertz CT molecular complexity index is 694. The van der Waals surface area contributed by atoms with Gasteiger partial charge in [0.1, 0.15) is 0 Å². The molecule has 1 aliphatic heterocycles. The largest absolute Gasteiger partial charge is 0.481 e.